The van der Waals surface area contributed by atoms with Gasteiger partial charge in [0.05, 0.1) is 17.9 Å². The zero-order valence-electron chi connectivity index (χ0n) is 11.9. The molecule has 3 rings (SSSR count). The highest BCUT2D eigenvalue weighted by Gasteiger charge is 2.26. The molecule has 0 bridgehead atoms. The number of amides is 1. The molecule has 0 aliphatic heterocycles. The number of ether oxygens (including phenoxy) is 1. The molecule has 1 aliphatic carbocycles. The average Bonchev–Trinajstić information content (AvgIpc) is 3.34. The second-order valence-corrected chi connectivity index (χ2v) is 4.99. The third-order valence-electron chi connectivity index (χ3n) is 3.31. The van der Waals surface area contributed by atoms with E-state index in [1.807, 2.05) is 31.2 Å². The van der Waals surface area contributed by atoms with Crippen molar-refractivity contribution in [3.63, 3.8) is 0 Å². The predicted molar refractivity (Wildman–Crippen MR) is 79.6 cm³/mol. The topological polar surface area (TPSA) is 64.1 Å². The number of carbonyl (C=O) groups is 1. The number of benzene rings is 1. The fourth-order valence-electron chi connectivity index (χ4n) is 2.05. The van der Waals surface area contributed by atoms with Crippen LogP contribution < -0.4 is 10.1 Å². The molecule has 1 aromatic heterocycles. The molecule has 1 amide bonds. The van der Waals surface area contributed by atoms with Crippen LogP contribution in [0.1, 0.15) is 41.9 Å². The Morgan fingerprint density at radius 2 is 2.00 bits per heavy atom. The van der Waals surface area contributed by atoms with Crippen LogP contribution in [0.25, 0.3) is 0 Å². The molecule has 1 heterocycles. The van der Waals surface area contributed by atoms with Crippen LogP contribution in [0.15, 0.2) is 36.7 Å². The van der Waals surface area contributed by atoms with Gasteiger partial charge < -0.3 is 10.1 Å². The third-order valence-corrected chi connectivity index (χ3v) is 3.31. The Hall–Kier alpha value is -2.43. The van der Waals surface area contributed by atoms with Crippen molar-refractivity contribution in [1.82, 2.24) is 9.97 Å². The van der Waals surface area contributed by atoms with Crippen LogP contribution in [0.4, 0.5) is 5.69 Å². The summed E-state index contributed by atoms with van der Waals surface area (Å²) in [4.78, 5) is 20.7. The van der Waals surface area contributed by atoms with Gasteiger partial charge in [0.15, 0.2) is 0 Å². The normalized spacial score (nSPS) is 13.8. The van der Waals surface area contributed by atoms with Gasteiger partial charge in [-0.1, -0.05) is 12.1 Å². The Bertz CT molecular complexity index is 636. The van der Waals surface area contributed by atoms with E-state index in [-0.39, 0.29) is 5.91 Å². The summed E-state index contributed by atoms with van der Waals surface area (Å²) < 4.78 is 5.49. The number of rotatable bonds is 5. The monoisotopic (exact) mass is 283 g/mol. The lowest BCUT2D eigenvalue weighted by Gasteiger charge is -2.11. The SMILES string of the molecule is CCOc1ccccc1NC(=O)c1cnc(C2CC2)nc1. The first kappa shape index (κ1) is 13.5. The van der Waals surface area contributed by atoms with Crippen LogP contribution >= 0.6 is 0 Å². The molecule has 1 aromatic carbocycles. The molecule has 1 N–H and O–H groups in total. The summed E-state index contributed by atoms with van der Waals surface area (Å²) in [6.45, 7) is 2.45. The molecule has 5 heteroatoms. The zero-order chi connectivity index (χ0) is 14.7. The van der Waals surface area contributed by atoms with Crippen molar-refractivity contribution in [3.05, 3.63) is 48.0 Å². The summed E-state index contributed by atoms with van der Waals surface area (Å²) in [5.74, 6) is 1.75. The maximum atomic E-state index is 12.2. The number of aromatic nitrogens is 2. The lowest BCUT2D eigenvalue weighted by Crippen LogP contribution is -2.14. The summed E-state index contributed by atoms with van der Waals surface area (Å²) in [7, 11) is 0. The van der Waals surface area contributed by atoms with Gasteiger partial charge in [-0.3, -0.25) is 4.79 Å². The first-order valence-corrected chi connectivity index (χ1v) is 7.13. The Morgan fingerprint density at radius 3 is 2.67 bits per heavy atom. The van der Waals surface area contributed by atoms with E-state index in [9.17, 15) is 4.79 Å². The average molecular weight is 283 g/mol. The number of hydrogen-bond donors (Lipinski definition) is 1. The summed E-state index contributed by atoms with van der Waals surface area (Å²) in [5.41, 5.74) is 1.10. The van der Waals surface area contributed by atoms with Crippen molar-refractivity contribution in [2.24, 2.45) is 0 Å². The van der Waals surface area contributed by atoms with Crippen molar-refractivity contribution in [1.29, 1.82) is 0 Å². The first-order chi connectivity index (χ1) is 10.3. The molecule has 2 aromatic rings. The van der Waals surface area contributed by atoms with Gasteiger partial charge in [-0.2, -0.15) is 0 Å². The van der Waals surface area contributed by atoms with Gasteiger partial charge in [0, 0.05) is 18.3 Å². The van der Waals surface area contributed by atoms with Crippen LogP contribution in [0, 0.1) is 0 Å². The standard InChI is InChI=1S/C16H17N3O2/c1-2-21-14-6-4-3-5-13(14)19-16(20)12-9-17-15(18-10-12)11-7-8-11/h3-6,9-11H,2,7-8H2,1H3,(H,19,20). The molecule has 21 heavy (non-hydrogen) atoms. The van der Waals surface area contributed by atoms with Crippen LogP contribution in [0.2, 0.25) is 0 Å². The van der Waals surface area contributed by atoms with Gasteiger partial charge in [0.2, 0.25) is 0 Å². The molecule has 5 nitrogen and oxygen atoms in total. The molecule has 0 spiro atoms. The highest BCUT2D eigenvalue weighted by molar-refractivity contribution is 6.04. The summed E-state index contributed by atoms with van der Waals surface area (Å²) >= 11 is 0. The van der Waals surface area contributed by atoms with E-state index in [1.54, 1.807) is 12.4 Å². The summed E-state index contributed by atoms with van der Waals surface area (Å²) in [6, 6.07) is 7.35. The summed E-state index contributed by atoms with van der Waals surface area (Å²) in [6.07, 6.45) is 5.46. The van der Waals surface area contributed by atoms with Crippen molar-refractivity contribution in [2.45, 2.75) is 25.7 Å². The van der Waals surface area contributed by atoms with Gasteiger partial charge in [-0.15, -0.1) is 0 Å². The molecule has 1 saturated carbocycles. The van der Waals surface area contributed by atoms with Crippen LogP contribution in [-0.2, 0) is 0 Å². The second kappa shape index (κ2) is 5.91. The van der Waals surface area contributed by atoms with E-state index in [2.05, 4.69) is 15.3 Å². The number of para-hydroxylation sites is 2. The minimum atomic E-state index is -0.232. The lowest BCUT2D eigenvalue weighted by molar-refractivity contribution is 0.102. The molecule has 108 valence electrons. The minimum Gasteiger partial charge on any atom is -0.492 e. The van der Waals surface area contributed by atoms with Crippen molar-refractivity contribution < 1.29 is 9.53 Å². The number of carbonyl (C=O) groups excluding carboxylic acids is 1. The predicted octanol–water partition coefficient (Wildman–Crippen LogP) is 3.01. The van der Waals surface area contributed by atoms with E-state index in [1.165, 1.54) is 0 Å². The molecule has 1 aliphatic rings. The highest BCUT2D eigenvalue weighted by atomic mass is 16.5. The quantitative estimate of drug-likeness (QED) is 0.916. The fourth-order valence-corrected chi connectivity index (χ4v) is 2.05. The lowest BCUT2D eigenvalue weighted by atomic mass is 10.2. The van der Waals surface area contributed by atoms with Crippen molar-refractivity contribution in [3.8, 4) is 5.75 Å². The molecule has 0 radical (unpaired) electrons. The van der Waals surface area contributed by atoms with Crippen molar-refractivity contribution in [2.75, 3.05) is 11.9 Å². The maximum Gasteiger partial charge on any atom is 0.258 e. The van der Waals surface area contributed by atoms with Gasteiger partial charge in [0.1, 0.15) is 11.6 Å². The van der Waals surface area contributed by atoms with E-state index in [0.717, 1.165) is 18.7 Å². The zero-order valence-corrected chi connectivity index (χ0v) is 11.9. The number of nitrogens with one attached hydrogen (secondary N) is 1. The Kier molecular flexibility index (Phi) is 3.81. The van der Waals surface area contributed by atoms with Gasteiger partial charge in [-0.25, -0.2) is 9.97 Å². The largest absolute Gasteiger partial charge is 0.492 e. The van der Waals surface area contributed by atoms with E-state index < -0.39 is 0 Å². The number of hydrogen-bond acceptors (Lipinski definition) is 4. The minimum absolute atomic E-state index is 0.232. The third kappa shape index (κ3) is 3.18. The van der Waals surface area contributed by atoms with Gasteiger partial charge in [0.25, 0.3) is 5.91 Å². The highest BCUT2D eigenvalue weighted by Crippen LogP contribution is 2.37. The molecular formula is C16H17N3O2. The smallest absolute Gasteiger partial charge is 0.258 e. The van der Waals surface area contributed by atoms with Crippen LogP contribution in [-0.4, -0.2) is 22.5 Å². The molecular weight excluding hydrogens is 266 g/mol. The summed E-state index contributed by atoms with van der Waals surface area (Å²) in [5, 5.41) is 2.83. The molecule has 0 saturated heterocycles. The number of nitrogens with zero attached hydrogens (tertiary/aromatic N) is 2. The van der Waals surface area contributed by atoms with Gasteiger partial charge >= 0.3 is 0 Å². The van der Waals surface area contributed by atoms with E-state index in [4.69, 9.17) is 4.74 Å². The van der Waals surface area contributed by atoms with Gasteiger partial charge in [-0.05, 0) is 31.9 Å². The van der Waals surface area contributed by atoms with E-state index in [0.29, 0.717) is 29.5 Å². The molecule has 0 atom stereocenters. The van der Waals surface area contributed by atoms with E-state index >= 15 is 0 Å². The van der Waals surface area contributed by atoms with Crippen LogP contribution in [0.5, 0.6) is 5.75 Å². The van der Waals surface area contributed by atoms with Crippen molar-refractivity contribution >= 4 is 11.6 Å². The Labute approximate surface area is 123 Å². The molecule has 0 unspecified atom stereocenters. The molecule has 1 fully saturated rings. The maximum absolute atomic E-state index is 12.2. The number of anilines is 1. The Morgan fingerprint density at radius 1 is 1.29 bits per heavy atom. The van der Waals surface area contributed by atoms with Crippen LogP contribution in [0.3, 0.4) is 0 Å². The Balaban J connectivity index is 1.73. The first-order valence-electron chi connectivity index (χ1n) is 7.13. The second-order valence-electron chi connectivity index (χ2n) is 4.99. The fraction of sp³-hybridized carbons (Fsp3) is 0.312.